The summed E-state index contributed by atoms with van der Waals surface area (Å²) in [6, 6.07) is 15.1. The lowest BCUT2D eigenvalue weighted by molar-refractivity contribution is -0.132. The van der Waals surface area contributed by atoms with Gasteiger partial charge in [0, 0.05) is 24.0 Å². The van der Waals surface area contributed by atoms with Crippen LogP contribution in [-0.2, 0) is 4.79 Å². The molecule has 2 aliphatic rings. The van der Waals surface area contributed by atoms with Crippen LogP contribution in [0.1, 0.15) is 12.8 Å². The van der Waals surface area contributed by atoms with E-state index in [-0.39, 0.29) is 18.6 Å². The SMILES string of the molecule is O=C(COc1ncnc2ccccc12)N1C[C@@H]2CC[C@H](Oc3ccc(Cl)cc3)[C@@H]2C1. The highest BCUT2D eigenvalue weighted by Gasteiger charge is 2.45. The van der Waals surface area contributed by atoms with Gasteiger partial charge in [0.2, 0.25) is 5.88 Å². The summed E-state index contributed by atoms with van der Waals surface area (Å²) < 4.78 is 12.0. The molecule has 0 bridgehead atoms. The highest BCUT2D eigenvalue weighted by atomic mass is 35.5. The van der Waals surface area contributed by atoms with Gasteiger partial charge in [-0.15, -0.1) is 0 Å². The van der Waals surface area contributed by atoms with Crippen molar-refractivity contribution in [2.75, 3.05) is 19.7 Å². The average molecular weight is 424 g/mol. The van der Waals surface area contributed by atoms with Crippen molar-refractivity contribution in [2.45, 2.75) is 18.9 Å². The minimum absolute atomic E-state index is 0.0164. The van der Waals surface area contributed by atoms with Crippen LogP contribution in [0.4, 0.5) is 0 Å². The van der Waals surface area contributed by atoms with E-state index in [1.54, 1.807) is 0 Å². The minimum atomic E-state index is -0.0246. The second-order valence-electron chi connectivity index (χ2n) is 7.89. The van der Waals surface area contributed by atoms with Gasteiger partial charge in [0.1, 0.15) is 18.2 Å². The lowest BCUT2D eigenvalue weighted by Crippen LogP contribution is -2.35. The molecule has 1 aliphatic carbocycles. The fourth-order valence-electron chi connectivity index (χ4n) is 4.57. The third kappa shape index (κ3) is 3.79. The van der Waals surface area contributed by atoms with Crippen LogP contribution in [0.3, 0.4) is 0 Å². The summed E-state index contributed by atoms with van der Waals surface area (Å²) in [5.74, 6) is 2.08. The third-order valence-electron chi connectivity index (χ3n) is 6.08. The molecule has 3 aromatic rings. The molecule has 30 heavy (non-hydrogen) atoms. The van der Waals surface area contributed by atoms with E-state index in [0.717, 1.165) is 36.0 Å². The highest BCUT2D eigenvalue weighted by Crippen LogP contribution is 2.40. The highest BCUT2D eigenvalue weighted by molar-refractivity contribution is 6.30. The second-order valence-corrected chi connectivity index (χ2v) is 8.33. The van der Waals surface area contributed by atoms with E-state index in [0.29, 0.717) is 29.3 Å². The van der Waals surface area contributed by atoms with E-state index in [4.69, 9.17) is 21.1 Å². The Morgan fingerprint density at radius 3 is 2.77 bits per heavy atom. The fourth-order valence-corrected chi connectivity index (χ4v) is 4.70. The van der Waals surface area contributed by atoms with E-state index >= 15 is 0 Å². The number of carbonyl (C=O) groups excluding carboxylic acids is 1. The number of nitrogens with zero attached hydrogens (tertiary/aromatic N) is 3. The number of halogens is 1. The zero-order chi connectivity index (χ0) is 20.5. The molecular formula is C23H22ClN3O3. The number of hydrogen-bond donors (Lipinski definition) is 0. The molecule has 1 saturated carbocycles. The molecule has 0 N–H and O–H groups in total. The molecule has 5 rings (SSSR count). The van der Waals surface area contributed by atoms with Crippen molar-refractivity contribution in [3.63, 3.8) is 0 Å². The number of benzene rings is 2. The van der Waals surface area contributed by atoms with Crippen molar-refractivity contribution in [1.82, 2.24) is 14.9 Å². The molecular weight excluding hydrogens is 402 g/mol. The standard InChI is InChI=1S/C23H22ClN3O3/c24-16-6-8-17(9-7-16)30-21-10-5-15-11-27(12-19(15)21)22(28)13-29-23-18-3-1-2-4-20(18)25-14-26-23/h1-4,6-9,14-15,19,21H,5,10-13H2/t15-,19+,21-/m0/s1. The van der Waals surface area contributed by atoms with Crippen LogP contribution < -0.4 is 9.47 Å². The molecule has 0 spiro atoms. The van der Waals surface area contributed by atoms with Crippen LogP contribution in [0.2, 0.25) is 5.02 Å². The Morgan fingerprint density at radius 2 is 1.90 bits per heavy atom. The van der Waals surface area contributed by atoms with Crippen molar-refractivity contribution in [1.29, 1.82) is 0 Å². The number of fused-ring (bicyclic) bond motifs is 2. The first-order valence-corrected chi connectivity index (χ1v) is 10.6. The zero-order valence-electron chi connectivity index (χ0n) is 16.4. The Bertz CT molecular complexity index is 1050. The maximum absolute atomic E-state index is 12.8. The number of ether oxygens (including phenoxy) is 2. The number of para-hydroxylation sites is 1. The summed E-state index contributed by atoms with van der Waals surface area (Å²) in [6.45, 7) is 1.44. The quantitative estimate of drug-likeness (QED) is 0.621. The zero-order valence-corrected chi connectivity index (χ0v) is 17.2. The Morgan fingerprint density at radius 1 is 1.07 bits per heavy atom. The van der Waals surface area contributed by atoms with Gasteiger partial charge in [-0.2, -0.15) is 0 Å². The van der Waals surface area contributed by atoms with Crippen LogP contribution in [0.25, 0.3) is 10.9 Å². The Labute approximate surface area is 179 Å². The molecule has 2 fully saturated rings. The van der Waals surface area contributed by atoms with Crippen molar-refractivity contribution in [3.05, 3.63) is 59.9 Å². The third-order valence-corrected chi connectivity index (χ3v) is 6.34. The smallest absolute Gasteiger partial charge is 0.260 e. The maximum Gasteiger partial charge on any atom is 0.260 e. The number of carbonyl (C=O) groups is 1. The minimum Gasteiger partial charge on any atom is -0.490 e. The molecule has 154 valence electrons. The number of aromatic nitrogens is 2. The summed E-state index contributed by atoms with van der Waals surface area (Å²) in [5, 5.41) is 1.50. The molecule has 0 radical (unpaired) electrons. The Hall–Kier alpha value is -2.86. The number of rotatable bonds is 5. The lowest BCUT2D eigenvalue weighted by Gasteiger charge is -2.22. The van der Waals surface area contributed by atoms with Crippen LogP contribution in [0.5, 0.6) is 11.6 Å². The van der Waals surface area contributed by atoms with Crippen LogP contribution >= 0.6 is 11.6 Å². The number of amides is 1. The fraction of sp³-hybridized carbons (Fsp3) is 0.348. The first-order valence-electron chi connectivity index (χ1n) is 10.2. The van der Waals surface area contributed by atoms with Crippen LogP contribution in [0, 0.1) is 11.8 Å². The van der Waals surface area contributed by atoms with Crippen molar-refractivity contribution < 1.29 is 14.3 Å². The molecule has 1 saturated heterocycles. The molecule has 7 heteroatoms. The number of hydrogen-bond acceptors (Lipinski definition) is 5. The molecule has 2 aromatic carbocycles. The summed E-state index contributed by atoms with van der Waals surface area (Å²) in [6.07, 6.45) is 3.68. The molecule has 2 heterocycles. The van der Waals surface area contributed by atoms with Crippen LogP contribution in [0.15, 0.2) is 54.9 Å². The van der Waals surface area contributed by atoms with E-state index < -0.39 is 0 Å². The van der Waals surface area contributed by atoms with Crippen molar-refractivity contribution in [3.8, 4) is 11.6 Å². The van der Waals surface area contributed by atoms with Gasteiger partial charge in [0.25, 0.3) is 5.91 Å². The first kappa shape index (κ1) is 19.1. The van der Waals surface area contributed by atoms with Gasteiger partial charge >= 0.3 is 0 Å². The van der Waals surface area contributed by atoms with Crippen LogP contribution in [-0.4, -0.2) is 46.6 Å². The predicted octanol–water partition coefficient (Wildman–Crippen LogP) is 3.98. The topological polar surface area (TPSA) is 64.5 Å². The van der Waals surface area contributed by atoms with Crippen molar-refractivity contribution >= 4 is 28.4 Å². The van der Waals surface area contributed by atoms with E-state index in [2.05, 4.69) is 9.97 Å². The van der Waals surface area contributed by atoms with Gasteiger partial charge in [-0.3, -0.25) is 4.79 Å². The molecule has 1 aliphatic heterocycles. The summed E-state index contributed by atoms with van der Waals surface area (Å²) in [5.41, 5.74) is 0.799. The van der Waals surface area contributed by atoms with Gasteiger partial charge < -0.3 is 14.4 Å². The largest absolute Gasteiger partial charge is 0.490 e. The van der Waals surface area contributed by atoms with Crippen molar-refractivity contribution in [2.24, 2.45) is 11.8 Å². The van der Waals surface area contributed by atoms with Gasteiger partial charge in [0.05, 0.1) is 10.9 Å². The molecule has 0 unspecified atom stereocenters. The Kier molecular flexibility index (Phi) is 5.17. The summed E-state index contributed by atoms with van der Waals surface area (Å²) in [7, 11) is 0. The normalized spacial score (nSPS) is 22.8. The van der Waals surface area contributed by atoms with E-state index in [9.17, 15) is 4.79 Å². The number of likely N-dealkylation sites (tertiary alicyclic amines) is 1. The van der Waals surface area contributed by atoms with E-state index in [1.807, 2.05) is 53.4 Å². The van der Waals surface area contributed by atoms with Gasteiger partial charge in [0.15, 0.2) is 6.61 Å². The summed E-state index contributed by atoms with van der Waals surface area (Å²) in [4.78, 5) is 23.1. The molecule has 1 aromatic heterocycles. The van der Waals surface area contributed by atoms with Gasteiger partial charge in [-0.05, 0) is 55.2 Å². The van der Waals surface area contributed by atoms with E-state index in [1.165, 1.54) is 6.33 Å². The first-order chi connectivity index (χ1) is 14.7. The molecule has 1 amide bonds. The monoisotopic (exact) mass is 423 g/mol. The van der Waals surface area contributed by atoms with Gasteiger partial charge in [-0.1, -0.05) is 23.7 Å². The average Bonchev–Trinajstić information content (AvgIpc) is 3.35. The summed E-state index contributed by atoms with van der Waals surface area (Å²) >= 11 is 5.96. The molecule has 6 nitrogen and oxygen atoms in total. The Balaban J connectivity index is 1.20. The molecule has 3 atom stereocenters. The maximum atomic E-state index is 12.8. The predicted molar refractivity (Wildman–Crippen MR) is 114 cm³/mol. The second kappa shape index (κ2) is 8.11. The lowest BCUT2D eigenvalue weighted by atomic mass is 9.99. The van der Waals surface area contributed by atoms with Gasteiger partial charge in [-0.25, -0.2) is 9.97 Å².